The Kier molecular flexibility index (Phi) is 6.55. The molecule has 3 amide bonds. The second-order valence-electron chi connectivity index (χ2n) is 6.33. The third-order valence-electron chi connectivity index (χ3n) is 4.12. The Morgan fingerprint density at radius 1 is 1.24 bits per heavy atom. The molecule has 0 spiro atoms. The number of hydrogen-bond donors (Lipinski definition) is 3. The lowest BCUT2D eigenvalue weighted by Crippen LogP contribution is -3.19. The number of nitrogens with zero attached hydrogens (tertiary/aromatic N) is 1. The van der Waals surface area contributed by atoms with Gasteiger partial charge in [-0.1, -0.05) is 6.07 Å². The minimum Gasteiger partial charge on any atom is -0.336 e. The fourth-order valence-electron chi connectivity index (χ4n) is 2.69. The molecular formula is C15H25N4O4S2+. The Hall–Kier alpha value is -1.49. The summed E-state index contributed by atoms with van der Waals surface area (Å²) in [6, 6.07) is 2.33. The first-order chi connectivity index (χ1) is 11.7. The zero-order chi connectivity index (χ0) is 18.6. The van der Waals surface area contributed by atoms with E-state index in [0.29, 0.717) is 30.4 Å². The van der Waals surface area contributed by atoms with Gasteiger partial charge in [-0.2, -0.15) is 4.31 Å². The topological polar surface area (TPSA) is 100 Å². The second kappa shape index (κ2) is 8.26. The van der Waals surface area contributed by atoms with Crippen molar-refractivity contribution in [3.63, 3.8) is 0 Å². The molecule has 3 N–H and O–H groups in total. The van der Waals surface area contributed by atoms with Crippen LogP contribution in [0.3, 0.4) is 0 Å². The predicted molar refractivity (Wildman–Crippen MR) is 95.0 cm³/mol. The van der Waals surface area contributed by atoms with Crippen LogP contribution in [0.4, 0.5) is 4.79 Å². The van der Waals surface area contributed by atoms with Crippen molar-refractivity contribution in [2.75, 3.05) is 26.2 Å². The summed E-state index contributed by atoms with van der Waals surface area (Å²) in [5.74, 6) is -0.359. The van der Waals surface area contributed by atoms with Crippen LogP contribution < -0.4 is 15.5 Å². The maximum absolute atomic E-state index is 12.5. The lowest BCUT2D eigenvalue weighted by Gasteiger charge is -2.33. The van der Waals surface area contributed by atoms with E-state index < -0.39 is 22.1 Å². The third-order valence-corrected chi connectivity index (χ3v) is 7.39. The molecule has 1 saturated heterocycles. The van der Waals surface area contributed by atoms with E-state index in [4.69, 9.17) is 0 Å². The Morgan fingerprint density at radius 3 is 2.40 bits per heavy atom. The summed E-state index contributed by atoms with van der Waals surface area (Å²) in [5.41, 5.74) is 0. The largest absolute Gasteiger partial charge is 0.336 e. The minimum atomic E-state index is -3.45. The van der Waals surface area contributed by atoms with Gasteiger partial charge in [-0.3, -0.25) is 10.1 Å². The van der Waals surface area contributed by atoms with Crippen LogP contribution in [0.15, 0.2) is 21.7 Å². The summed E-state index contributed by atoms with van der Waals surface area (Å²) in [6.07, 6.45) is 0. The number of urea groups is 1. The third kappa shape index (κ3) is 5.00. The van der Waals surface area contributed by atoms with Gasteiger partial charge in [0.2, 0.25) is 0 Å². The number of piperazine rings is 1. The lowest BCUT2D eigenvalue weighted by atomic mass is 10.2. The molecule has 0 aliphatic carbocycles. The van der Waals surface area contributed by atoms with Gasteiger partial charge in [-0.05, 0) is 32.2 Å². The Labute approximate surface area is 152 Å². The van der Waals surface area contributed by atoms with Gasteiger partial charge >= 0.3 is 6.03 Å². The zero-order valence-corrected chi connectivity index (χ0v) is 16.2. The van der Waals surface area contributed by atoms with Crippen LogP contribution in [-0.2, 0) is 14.8 Å². The molecule has 0 radical (unpaired) electrons. The van der Waals surface area contributed by atoms with E-state index in [1.54, 1.807) is 24.4 Å². The quantitative estimate of drug-likeness (QED) is 0.618. The first kappa shape index (κ1) is 19.8. The molecule has 140 valence electrons. The molecule has 1 aliphatic heterocycles. The molecule has 2 rings (SSSR count). The number of hydrogen-bond acceptors (Lipinski definition) is 5. The second-order valence-corrected chi connectivity index (χ2v) is 9.45. The molecule has 1 aliphatic rings. The van der Waals surface area contributed by atoms with Crippen LogP contribution in [0.25, 0.3) is 0 Å². The van der Waals surface area contributed by atoms with Crippen molar-refractivity contribution in [2.45, 2.75) is 37.1 Å². The maximum atomic E-state index is 12.5. The normalized spacial score (nSPS) is 18.1. The molecule has 1 fully saturated rings. The van der Waals surface area contributed by atoms with Gasteiger partial charge in [0.15, 0.2) is 6.04 Å². The first-order valence-corrected chi connectivity index (χ1v) is 10.5. The number of imide groups is 1. The summed E-state index contributed by atoms with van der Waals surface area (Å²) in [5, 5.41) is 6.68. The molecule has 0 aromatic carbocycles. The van der Waals surface area contributed by atoms with Crippen molar-refractivity contribution in [1.29, 1.82) is 0 Å². The molecule has 1 atom stereocenters. The number of sulfonamides is 1. The van der Waals surface area contributed by atoms with Crippen LogP contribution in [0.5, 0.6) is 0 Å². The van der Waals surface area contributed by atoms with Gasteiger partial charge in [-0.15, -0.1) is 11.3 Å². The molecule has 0 unspecified atom stereocenters. The van der Waals surface area contributed by atoms with E-state index in [1.165, 1.54) is 15.6 Å². The molecular weight excluding hydrogens is 364 g/mol. The van der Waals surface area contributed by atoms with E-state index in [9.17, 15) is 18.0 Å². The molecule has 10 heteroatoms. The Morgan fingerprint density at radius 2 is 1.88 bits per heavy atom. The van der Waals surface area contributed by atoms with Crippen LogP contribution in [-0.4, -0.2) is 62.9 Å². The van der Waals surface area contributed by atoms with E-state index in [1.807, 2.05) is 13.8 Å². The van der Waals surface area contributed by atoms with Crippen molar-refractivity contribution in [3.8, 4) is 0 Å². The van der Waals surface area contributed by atoms with Crippen molar-refractivity contribution in [1.82, 2.24) is 14.9 Å². The molecule has 0 saturated carbocycles. The summed E-state index contributed by atoms with van der Waals surface area (Å²) >= 11 is 1.20. The molecule has 1 aromatic heterocycles. The number of carbonyl (C=O) groups excluding carboxylic acids is 2. The summed E-state index contributed by atoms with van der Waals surface area (Å²) in [6.45, 7) is 7.11. The summed E-state index contributed by atoms with van der Waals surface area (Å²) in [4.78, 5) is 24.8. The van der Waals surface area contributed by atoms with E-state index in [-0.39, 0.29) is 11.9 Å². The molecule has 1 aromatic rings. The smallest absolute Gasteiger partial charge is 0.321 e. The van der Waals surface area contributed by atoms with Gasteiger partial charge in [0.25, 0.3) is 15.9 Å². The van der Waals surface area contributed by atoms with E-state index in [0.717, 1.165) is 4.90 Å². The number of amides is 3. The van der Waals surface area contributed by atoms with Crippen LogP contribution in [0.1, 0.15) is 20.8 Å². The highest BCUT2D eigenvalue weighted by Crippen LogP contribution is 2.20. The molecule has 8 nitrogen and oxygen atoms in total. The van der Waals surface area contributed by atoms with E-state index >= 15 is 0 Å². The van der Waals surface area contributed by atoms with Crippen LogP contribution >= 0.6 is 11.3 Å². The first-order valence-electron chi connectivity index (χ1n) is 8.21. The molecule has 0 bridgehead atoms. The number of rotatable bonds is 5. The van der Waals surface area contributed by atoms with Crippen LogP contribution in [0, 0.1) is 0 Å². The fourth-order valence-corrected chi connectivity index (χ4v) is 5.27. The monoisotopic (exact) mass is 389 g/mol. The number of nitrogens with one attached hydrogen (secondary N) is 3. The zero-order valence-electron chi connectivity index (χ0n) is 14.6. The highest BCUT2D eigenvalue weighted by Gasteiger charge is 2.35. The van der Waals surface area contributed by atoms with Gasteiger partial charge in [0.1, 0.15) is 4.21 Å². The van der Waals surface area contributed by atoms with Gasteiger partial charge < -0.3 is 10.2 Å². The average molecular weight is 390 g/mol. The number of quaternary nitrogens is 1. The van der Waals surface area contributed by atoms with Crippen molar-refractivity contribution < 1.29 is 22.9 Å². The standard InChI is InChI=1S/C15H24N4O4S2/c1-11(2)16-15(21)17-14(20)12(3)18-6-8-19(9-7-18)25(22,23)13-5-4-10-24-13/h4-5,10-12H,6-9H2,1-3H3,(H2,16,17,20,21)/p+1/t12-/m0/s1. The van der Waals surface area contributed by atoms with Crippen molar-refractivity contribution in [3.05, 3.63) is 17.5 Å². The van der Waals surface area contributed by atoms with Crippen molar-refractivity contribution >= 4 is 33.3 Å². The van der Waals surface area contributed by atoms with Crippen LogP contribution in [0.2, 0.25) is 0 Å². The van der Waals surface area contributed by atoms with Gasteiger partial charge in [-0.25, -0.2) is 13.2 Å². The SMILES string of the molecule is CC(C)NC(=O)NC(=O)[C@H](C)[NH+]1CCN(S(=O)(=O)c2cccs2)CC1. The lowest BCUT2D eigenvalue weighted by molar-refractivity contribution is -0.917. The number of carbonyl (C=O) groups is 2. The molecule has 25 heavy (non-hydrogen) atoms. The van der Waals surface area contributed by atoms with Crippen molar-refractivity contribution in [2.24, 2.45) is 0 Å². The van der Waals surface area contributed by atoms with Gasteiger partial charge in [0, 0.05) is 6.04 Å². The Balaban J connectivity index is 1.89. The number of thiophene rings is 1. The summed E-state index contributed by atoms with van der Waals surface area (Å²) < 4.78 is 26.8. The highest BCUT2D eigenvalue weighted by atomic mass is 32.2. The molecule has 2 heterocycles. The Bertz CT molecular complexity index is 695. The average Bonchev–Trinajstić information content (AvgIpc) is 3.08. The fraction of sp³-hybridized carbons (Fsp3) is 0.600. The van der Waals surface area contributed by atoms with Gasteiger partial charge in [0.05, 0.1) is 26.2 Å². The maximum Gasteiger partial charge on any atom is 0.321 e. The van der Waals surface area contributed by atoms with E-state index in [2.05, 4.69) is 10.6 Å². The minimum absolute atomic E-state index is 0.0542. The predicted octanol–water partition coefficient (Wildman–Crippen LogP) is -0.740. The summed E-state index contributed by atoms with van der Waals surface area (Å²) in [7, 11) is -3.45. The highest BCUT2D eigenvalue weighted by molar-refractivity contribution is 7.91.